The molecule has 0 radical (unpaired) electrons. The topological polar surface area (TPSA) is 68.5 Å². The minimum atomic E-state index is -0.168. The van der Waals surface area contributed by atoms with Crippen molar-refractivity contribution >= 4 is 51.4 Å². The third kappa shape index (κ3) is 4.70. The normalized spacial score (nSPS) is 11.0. The van der Waals surface area contributed by atoms with E-state index >= 15 is 0 Å². The maximum atomic E-state index is 12.2. The van der Waals surface area contributed by atoms with Crippen molar-refractivity contribution in [3.8, 4) is 17.0 Å². The number of benzene rings is 2. The number of halogens is 2. The first-order chi connectivity index (χ1) is 14.1. The fourth-order valence-corrected chi connectivity index (χ4v) is 3.86. The first-order valence-electron chi connectivity index (χ1n) is 8.87. The standard InChI is InChI=1S/C20H16Cl2N4O2S/c21-14-9-7-13(8-10-14)16-12-29-20-24-19(25-26(16)20)23-18(27)6-3-11-28-17-5-2-1-4-15(17)22/h1-2,4-5,7-10,12H,3,6,11H2,(H,23,25,27). The Bertz CT molecular complexity index is 1140. The van der Waals surface area contributed by atoms with Crippen molar-refractivity contribution in [2.24, 2.45) is 0 Å². The largest absolute Gasteiger partial charge is 0.492 e. The summed E-state index contributed by atoms with van der Waals surface area (Å²) in [5, 5.41) is 10.3. The Morgan fingerprint density at radius 1 is 1.14 bits per heavy atom. The van der Waals surface area contributed by atoms with Crippen LogP contribution in [0.25, 0.3) is 16.2 Å². The molecule has 6 nitrogen and oxygen atoms in total. The number of thiazole rings is 1. The van der Waals surface area contributed by atoms with Crippen molar-refractivity contribution in [2.75, 3.05) is 11.9 Å². The molecule has 0 saturated heterocycles. The third-order valence-electron chi connectivity index (χ3n) is 4.12. The Labute approximate surface area is 181 Å². The maximum absolute atomic E-state index is 12.2. The van der Waals surface area contributed by atoms with Crippen molar-refractivity contribution in [3.05, 3.63) is 64.0 Å². The van der Waals surface area contributed by atoms with Gasteiger partial charge in [-0.2, -0.15) is 4.98 Å². The van der Waals surface area contributed by atoms with Crippen LogP contribution < -0.4 is 10.1 Å². The van der Waals surface area contributed by atoms with E-state index in [0.29, 0.717) is 40.2 Å². The summed E-state index contributed by atoms with van der Waals surface area (Å²) in [5.41, 5.74) is 1.86. The molecule has 148 valence electrons. The molecule has 2 heterocycles. The van der Waals surface area contributed by atoms with Crippen LogP contribution in [0.2, 0.25) is 10.0 Å². The van der Waals surface area contributed by atoms with Crippen LogP contribution in [0.4, 0.5) is 5.95 Å². The number of carbonyl (C=O) groups excluding carboxylic acids is 1. The Morgan fingerprint density at radius 3 is 2.72 bits per heavy atom. The van der Waals surface area contributed by atoms with Gasteiger partial charge in [-0.05, 0) is 30.7 Å². The molecule has 2 aromatic heterocycles. The summed E-state index contributed by atoms with van der Waals surface area (Å²) in [6.45, 7) is 0.392. The molecule has 1 amide bonds. The lowest BCUT2D eigenvalue weighted by molar-refractivity contribution is -0.116. The molecule has 4 aromatic rings. The predicted octanol–water partition coefficient (Wildman–Crippen LogP) is 5.56. The van der Waals surface area contributed by atoms with Gasteiger partial charge in [-0.25, -0.2) is 4.52 Å². The van der Waals surface area contributed by atoms with E-state index in [1.54, 1.807) is 16.6 Å². The quantitative estimate of drug-likeness (QED) is 0.377. The van der Waals surface area contributed by atoms with Gasteiger partial charge in [0.15, 0.2) is 0 Å². The number of nitrogens with zero attached hydrogens (tertiary/aromatic N) is 3. The minimum absolute atomic E-state index is 0.168. The van der Waals surface area contributed by atoms with Crippen LogP contribution in [0.3, 0.4) is 0 Å². The fourth-order valence-electron chi connectivity index (χ4n) is 2.72. The van der Waals surface area contributed by atoms with E-state index in [1.807, 2.05) is 41.8 Å². The second-order valence-electron chi connectivity index (χ2n) is 6.19. The van der Waals surface area contributed by atoms with Gasteiger partial charge in [0, 0.05) is 22.4 Å². The van der Waals surface area contributed by atoms with Gasteiger partial charge in [-0.1, -0.05) is 47.5 Å². The van der Waals surface area contributed by atoms with Crippen LogP contribution in [-0.4, -0.2) is 27.1 Å². The van der Waals surface area contributed by atoms with Crippen LogP contribution in [0.5, 0.6) is 5.75 Å². The molecule has 29 heavy (non-hydrogen) atoms. The predicted molar refractivity (Wildman–Crippen MR) is 116 cm³/mol. The molecule has 2 aromatic carbocycles. The molecule has 9 heteroatoms. The molecule has 1 N–H and O–H groups in total. The van der Waals surface area contributed by atoms with E-state index in [2.05, 4.69) is 15.4 Å². The zero-order valence-corrected chi connectivity index (χ0v) is 17.5. The zero-order valence-electron chi connectivity index (χ0n) is 15.1. The lowest BCUT2D eigenvalue weighted by atomic mass is 10.2. The smallest absolute Gasteiger partial charge is 0.250 e. The molecule has 4 rings (SSSR count). The Balaban J connectivity index is 1.34. The second kappa shape index (κ2) is 8.82. The number of amides is 1. The highest BCUT2D eigenvalue weighted by Crippen LogP contribution is 2.27. The summed E-state index contributed by atoms with van der Waals surface area (Å²) in [7, 11) is 0. The molecule has 0 bridgehead atoms. The molecular weight excluding hydrogens is 431 g/mol. The number of anilines is 1. The average molecular weight is 447 g/mol. The summed E-state index contributed by atoms with van der Waals surface area (Å²) < 4.78 is 7.30. The zero-order chi connectivity index (χ0) is 20.2. The minimum Gasteiger partial charge on any atom is -0.492 e. The molecule has 0 atom stereocenters. The summed E-state index contributed by atoms with van der Waals surface area (Å²) >= 11 is 13.4. The summed E-state index contributed by atoms with van der Waals surface area (Å²) in [6.07, 6.45) is 0.844. The van der Waals surface area contributed by atoms with Crippen LogP contribution in [0, 0.1) is 0 Å². The van der Waals surface area contributed by atoms with E-state index in [1.165, 1.54) is 11.3 Å². The van der Waals surface area contributed by atoms with E-state index in [9.17, 15) is 4.79 Å². The maximum Gasteiger partial charge on any atom is 0.250 e. The van der Waals surface area contributed by atoms with Gasteiger partial charge in [-0.3, -0.25) is 10.1 Å². The lowest BCUT2D eigenvalue weighted by Gasteiger charge is -2.07. The number of carbonyl (C=O) groups is 1. The lowest BCUT2D eigenvalue weighted by Crippen LogP contribution is -2.14. The molecule has 0 aliphatic rings. The van der Waals surface area contributed by atoms with Crippen molar-refractivity contribution < 1.29 is 9.53 Å². The number of aromatic nitrogens is 3. The molecule has 0 spiro atoms. The molecule has 0 aliphatic heterocycles. The Kier molecular flexibility index (Phi) is 5.99. The van der Waals surface area contributed by atoms with E-state index in [-0.39, 0.29) is 11.9 Å². The molecule has 0 fully saturated rings. The van der Waals surface area contributed by atoms with Crippen LogP contribution in [0.15, 0.2) is 53.9 Å². The first-order valence-corrected chi connectivity index (χ1v) is 10.5. The average Bonchev–Trinajstić information content (AvgIpc) is 3.27. The van der Waals surface area contributed by atoms with Crippen LogP contribution in [-0.2, 0) is 4.79 Å². The number of fused-ring (bicyclic) bond motifs is 1. The molecular formula is C20H16Cl2N4O2S. The third-order valence-corrected chi connectivity index (χ3v) is 5.50. The van der Waals surface area contributed by atoms with Crippen LogP contribution >= 0.6 is 34.5 Å². The van der Waals surface area contributed by atoms with Crippen molar-refractivity contribution in [2.45, 2.75) is 12.8 Å². The monoisotopic (exact) mass is 446 g/mol. The highest BCUT2D eigenvalue weighted by molar-refractivity contribution is 7.15. The van der Waals surface area contributed by atoms with Gasteiger partial charge < -0.3 is 4.74 Å². The number of ether oxygens (including phenoxy) is 1. The Morgan fingerprint density at radius 2 is 1.93 bits per heavy atom. The van der Waals surface area contributed by atoms with Gasteiger partial charge >= 0.3 is 0 Å². The highest BCUT2D eigenvalue weighted by Gasteiger charge is 2.13. The highest BCUT2D eigenvalue weighted by atomic mass is 35.5. The van der Waals surface area contributed by atoms with Crippen molar-refractivity contribution in [1.29, 1.82) is 0 Å². The van der Waals surface area contributed by atoms with Gasteiger partial charge in [0.2, 0.25) is 16.8 Å². The molecule has 0 aliphatic carbocycles. The first kappa shape index (κ1) is 19.7. The Hall–Kier alpha value is -2.61. The SMILES string of the molecule is O=C(CCCOc1ccccc1Cl)Nc1nc2scc(-c3ccc(Cl)cc3)n2n1. The fraction of sp³-hybridized carbons (Fsp3) is 0.150. The second-order valence-corrected chi connectivity index (χ2v) is 7.87. The van der Waals surface area contributed by atoms with Crippen molar-refractivity contribution in [1.82, 2.24) is 14.6 Å². The van der Waals surface area contributed by atoms with E-state index < -0.39 is 0 Å². The summed E-state index contributed by atoms with van der Waals surface area (Å²) in [6, 6.07) is 14.7. The molecule has 0 unspecified atom stereocenters. The van der Waals surface area contributed by atoms with E-state index in [0.717, 1.165) is 11.3 Å². The number of hydrogen-bond acceptors (Lipinski definition) is 5. The van der Waals surface area contributed by atoms with Gasteiger partial charge in [-0.15, -0.1) is 16.4 Å². The number of rotatable bonds is 7. The van der Waals surface area contributed by atoms with E-state index in [4.69, 9.17) is 27.9 Å². The summed E-state index contributed by atoms with van der Waals surface area (Å²) in [5.74, 6) is 0.725. The van der Waals surface area contributed by atoms with Gasteiger partial charge in [0.1, 0.15) is 5.75 Å². The summed E-state index contributed by atoms with van der Waals surface area (Å²) in [4.78, 5) is 17.3. The van der Waals surface area contributed by atoms with Gasteiger partial charge in [0.05, 0.1) is 17.3 Å². The van der Waals surface area contributed by atoms with Gasteiger partial charge in [0.25, 0.3) is 0 Å². The van der Waals surface area contributed by atoms with Crippen LogP contribution in [0.1, 0.15) is 12.8 Å². The number of hydrogen-bond donors (Lipinski definition) is 1. The van der Waals surface area contributed by atoms with Crippen molar-refractivity contribution in [3.63, 3.8) is 0 Å². The molecule has 0 saturated carbocycles. The number of para-hydroxylation sites is 1. The number of nitrogens with one attached hydrogen (secondary N) is 1.